The second-order valence-electron chi connectivity index (χ2n) is 12.2. The molecular weight excluding hydrogens is 648 g/mol. The van der Waals surface area contributed by atoms with E-state index in [9.17, 15) is 0 Å². The molecule has 4 aromatic carbocycles. The number of allylic oxidation sites excluding steroid dienone is 1. The van der Waals surface area contributed by atoms with Crippen molar-refractivity contribution in [2.24, 2.45) is 0 Å². The van der Waals surface area contributed by atoms with Crippen molar-refractivity contribution < 1.29 is 42.6 Å². The van der Waals surface area contributed by atoms with E-state index in [0.29, 0.717) is 43.7 Å². The van der Waals surface area contributed by atoms with E-state index in [4.69, 9.17) is 42.6 Å². The van der Waals surface area contributed by atoms with Crippen LogP contribution >= 0.6 is 0 Å². The Bertz CT molecular complexity index is 1540. The number of ether oxygens (including phenoxy) is 9. The highest BCUT2D eigenvalue weighted by Crippen LogP contribution is 2.39. The quantitative estimate of drug-likeness (QED) is 0.0643. The van der Waals surface area contributed by atoms with Crippen molar-refractivity contribution in [1.82, 2.24) is 0 Å². The number of hydrogen-bond donors (Lipinski definition) is 0. The van der Waals surface area contributed by atoms with E-state index in [1.165, 1.54) is 0 Å². The van der Waals surface area contributed by atoms with Crippen LogP contribution in [0.1, 0.15) is 35.1 Å². The molecular formula is C42H50O9. The van der Waals surface area contributed by atoms with E-state index < -0.39 is 30.7 Å². The van der Waals surface area contributed by atoms with Crippen molar-refractivity contribution in [2.75, 3.05) is 34.5 Å². The average molecular weight is 699 g/mol. The molecule has 1 aliphatic heterocycles. The lowest BCUT2D eigenvalue weighted by Crippen LogP contribution is -2.61. The summed E-state index contributed by atoms with van der Waals surface area (Å²) in [5.74, 6) is 1.57. The number of rotatable bonds is 21. The fraction of sp³-hybridized carbons (Fsp3) is 0.381. The molecule has 0 radical (unpaired) electrons. The molecule has 1 aliphatic rings. The summed E-state index contributed by atoms with van der Waals surface area (Å²) >= 11 is 0. The zero-order valence-corrected chi connectivity index (χ0v) is 29.8. The van der Waals surface area contributed by atoms with Gasteiger partial charge in [-0.3, -0.25) is 0 Å². The molecule has 0 N–H and O–H groups in total. The molecule has 0 unspecified atom stereocenters. The van der Waals surface area contributed by atoms with Gasteiger partial charge in [0.15, 0.2) is 17.8 Å². The van der Waals surface area contributed by atoms with Gasteiger partial charge in [-0.15, -0.1) is 6.58 Å². The van der Waals surface area contributed by atoms with Crippen LogP contribution in [-0.4, -0.2) is 65.2 Å². The molecule has 272 valence electrons. The number of hydrogen-bond acceptors (Lipinski definition) is 9. The SMILES string of the molecule is C=CCCCO[C@H]1O[C@H](COCc2ccccc2)[C@@H](OCc2ccccc2)[C@H](OCc2ccccc2)[C@@H]1OCc1cc(OC)c(OC)c(OC)c1. The first kappa shape index (κ1) is 38.0. The molecule has 0 spiro atoms. The third kappa shape index (κ3) is 11.1. The third-order valence-electron chi connectivity index (χ3n) is 8.56. The van der Waals surface area contributed by atoms with Crippen LogP contribution in [0.25, 0.3) is 0 Å². The van der Waals surface area contributed by atoms with Gasteiger partial charge in [0.25, 0.3) is 0 Å². The van der Waals surface area contributed by atoms with Gasteiger partial charge in [0.05, 0.1) is 61.0 Å². The maximum Gasteiger partial charge on any atom is 0.203 e. The van der Waals surface area contributed by atoms with Crippen molar-refractivity contribution >= 4 is 0 Å². The summed E-state index contributed by atoms with van der Waals surface area (Å²) in [5.41, 5.74) is 3.93. The Morgan fingerprint density at radius 3 is 1.63 bits per heavy atom. The minimum atomic E-state index is -0.778. The third-order valence-corrected chi connectivity index (χ3v) is 8.56. The zero-order valence-electron chi connectivity index (χ0n) is 29.8. The van der Waals surface area contributed by atoms with E-state index >= 15 is 0 Å². The highest BCUT2D eigenvalue weighted by Gasteiger charge is 2.49. The Kier molecular flexibility index (Phi) is 15.3. The standard InChI is InChI=1S/C42H50O9/c1-5-6-16-23-47-42-41(50-29-34-24-35(43-2)38(45-4)36(25-34)44-3)40(49-28-33-21-14-9-15-22-33)39(48-27-32-19-12-8-13-20-32)37(51-42)30-46-26-31-17-10-7-11-18-31/h5,7-15,17-22,24-25,37,39-42H,1,6,16,23,26-30H2,2-4H3/t37-,39-,40+,41+,42+/m1/s1. The van der Waals surface area contributed by atoms with Crippen molar-refractivity contribution in [2.45, 2.75) is 70.0 Å². The molecule has 9 nitrogen and oxygen atoms in total. The number of methoxy groups -OCH3 is 3. The van der Waals surface area contributed by atoms with Gasteiger partial charge in [-0.25, -0.2) is 0 Å². The van der Waals surface area contributed by atoms with Crippen LogP contribution in [0.15, 0.2) is 116 Å². The summed E-state index contributed by atoms with van der Waals surface area (Å²) in [6.07, 6.45) is 0.321. The lowest BCUT2D eigenvalue weighted by atomic mass is 9.97. The fourth-order valence-corrected chi connectivity index (χ4v) is 5.95. The van der Waals surface area contributed by atoms with Gasteiger partial charge in [0, 0.05) is 0 Å². The zero-order chi connectivity index (χ0) is 35.7. The van der Waals surface area contributed by atoms with E-state index in [-0.39, 0.29) is 13.2 Å². The highest BCUT2D eigenvalue weighted by atomic mass is 16.7. The molecule has 51 heavy (non-hydrogen) atoms. The van der Waals surface area contributed by atoms with Crippen LogP contribution in [-0.2, 0) is 54.8 Å². The van der Waals surface area contributed by atoms with Gasteiger partial charge >= 0.3 is 0 Å². The predicted octanol–water partition coefficient (Wildman–Crippen LogP) is 7.69. The molecule has 0 saturated carbocycles. The van der Waals surface area contributed by atoms with E-state index in [0.717, 1.165) is 35.1 Å². The first-order valence-electron chi connectivity index (χ1n) is 17.3. The fourth-order valence-electron chi connectivity index (χ4n) is 5.95. The molecule has 4 aromatic rings. The first-order chi connectivity index (χ1) is 25.1. The van der Waals surface area contributed by atoms with Crippen LogP contribution in [0.5, 0.6) is 17.2 Å². The Hall–Kier alpha value is -4.22. The summed E-state index contributed by atoms with van der Waals surface area (Å²) in [5, 5.41) is 0. The van der Waals surface area contributed by atoms with Crippen LogP contribution in [0.3, 0.4) is 0 Å². The van der Waals surface area contributed by atoms with Crippen molar-refractivity contribution in [3.05, 3.63) is 138 Å². The topological polar surface area (TPSA) is 83.1 Å². The van der Waals surface area contributed by atoms with Crippen LogP contribution in [0, 0.1) is 0 Å². The van der Waals surface area contributed by atoms with Crippen LogP contribution in [0.4, 0.5) is 0 Å². The maximum atomic E-state index is 6.80. The Balaban J connectivity index is 1.47. The highest BCUT2D eigenvalue weighted by molar-refractivity contribution is 5.53. The summed E-state index contributed by atoms with van der Waals surface area (Å²) in [6, 6.07) is 33.9. The maximum absolute atomic E-state index is 6.80. The van der Waals surface area contributed by atoms with E-state index in [2.05, 4.69) is 6.58 Å². The van der Waals surface area contributed by atoms with Gasteiger partial charge in [0.1, 0.15) is 24.4 Å². The molecule has 0 amide bonds. The van der Waals surface area contributed by atoms with Crippen molar-refractivity contribution in [3.8, 4) is 17.2 Å². The molecule has 0 aromatic heterocycles. The Morgan fingerprint density at radius 1 is 0.588 bits per heavy atom. The summed E-state index contributed by atoms with van der Waals surface area (Å²) in [7, 11) is 4.76. The van der Waals surface area contributed by atoms with E-state index in [1.807, 2.05) is 109 Å². The molecule has 0 aliphatic carbocycles. The van der Waals surface area contributed by atoms with Gasteiger partial charge in [0.2, 0.25) is 5.75 Å². The van der Waals surface area contributed by atoms with Crippen LogP contribution in [0.2, 0.25) is 0 Å². The monoisotopic (exact) mass is 698 g/mol. The largest absolute Gasteiger partial charge is 0.493 e. The molecule has 5 atom stereocenters. The smallest absolute Gasteiger partial charge is 0.203 e. The second-order valence-corrected chi connectivity index (χ2v) is 12.2. The number of unbranched alkanes of at least 4 members (excludes halogenated alkanes) is 1. The first-order valence-corrected chi connectivity index (χ1v) is 17.3. The predicted molar refractivity (Wildman–Crippen MR) is 195 cm³/mol. The number of benzene rings is 4. The minimum Gasteiger partial charge on any atom is -0.493 e. The molecule has 0 bridgehead atoms. The van der Waals surface area contributed by atoms with Gasteiger partial charge in [-0.2, -0.15) is 0 Å². The summed E-state index contributed by atoms with van der Waals surface area (Å²) in [4.78, 5) is 0. The van der Waals surface area contributed by atoms with Gasteiger partial charge < -0.3 is 42.6 Å². The minimum absolute atomic E-state index is 0.184. The van der Waals surface area contributed by atoms with Gasteiger partial charge in [-0.1, -0.05) is 97.1 Å². The molecule has 1 saturated heterocycles. The van der Waals surface area contributed by atoms with Crippen molar-refractivity contribution in [1.29, 1.82) is 0 Å². The molecule has 9 heteroatoms. The molecule has 5 rings (SSSR count). The lowest BCUT2D eigenvalue weighted by Gasteiger charge is -2.46. The normalized spacial score (nSPS) is 20.1. The van der Waals surface area contributed by atoms with E-state index in [1.54, 1.807) is 21.3 Å². The Morgan fingerprint density at radius 2 is 1.10 bits per heavy atom. The van der Waals surface area contributed by atoms with Gasteiger partial charge in [-0.05, 0) is 47.2 Å². The summed E-state index contributed by atoms with van der Waals surface area (Å²) in [6.45, 7) is 5.85. The molecule has 1 heterocycles. The molecule has 1 fully saturated rings. The second kappa shape index (κ2) is 20.6. The Labute approximate surface area is 301 Å². The van der Waals surface area contributed by atoms with Crippen LogP contribution < -0.4 is 14.2 Å². The van der Waals surface area contributed by atoms with Crippen molar-refractivity contribution in [3.63, 3.8) is 0 Å². The average Bonchev–Trinajstić information content (AvgIpc) is 3.18. The summed E-state index contributed by atoms with van der Waals surface area (Å²) < 4.78 is 56.5. The lowest BCUT2D eigenvalue weighted by molar-refractivity contribution is -0.328.